The van der Waals surface area contributed by atoms with Crippen LogP contribution in [0.5, 0.6) is 0 Å². The molecule has 4 saturated carbocycles. The fourth-order valence-electron chi connectivity index (χ4n) is 5.58. The number of hydrogen-bond donors (Lipinski definition) is 0. The van der Waals surface area contributed by atoms with Crippen molar-refractivity contribution in [3.05, 3.63) is 0 Å². The Morgan fingerprint density at radius 1 is 0.944 bits per heavy atom. The van der Waals surface area contributed by atoms with E-state index in [0.29, 0.717) is 5.41 Å². The summed E-state index contributed by atoms with van der Waals surface area (Å²) in [6.45, 7) is 1.90. The molecule has 1 aliphatic heterocycles. The molecule has 1 atom stereocenters. The molecule has 5 rings (SSSR count). The molecule has 0 radical (unpaired) electrons. The van der Waals surface area contributed by atoms with E-state index >= 15 is 0 Å². The summed E-state index contributed by atoms with van der Waals surface area (Å²) >= 11 is 0. The highest BCUT2D eigenvalue weighted by Gasteiger charge is 2.51. The first-order chi connectivity index (χ1) is 8.81. The van der Waals surface area contributed by atoms with E-state index in [9.17, 15) is 0 Å². The van der Waals surface area contributed by atoms with Gasteiger partial charge in [-0.15, -0.1) is 0 Å². The van der Waals surface area contributed by atoms with Crippen LogP contribution in [0.15, 0.2) is 0 Å². The minimum Gasteiger partial charge on any atom is -0.353 e. The van der Waals surface area contributed by atoms with E-state index in [4.69, 9.17) is 9.47 Å². The summed E-state index contributed by atoms with van der Waals surface area (Å²) in [6, 6.07) is 0. The molecule has 5 fully saturated rings. The zero-order valence-corrected chi connectivity index (χ0v) is 11.4. The molecule has 102 valence electrons. The van der Waals surface area contributed by atoms with Gasteiger partial charge in [-0.3, -0.25) is 0 Å². The molecule has 5 aliphatic rings. The molecular weight excluding hydrogens is 224 g/mol. The average molecular weight is 250 g/mol. The third-order valence-electron chi connectivity index (χ3n) is 5.88. The minimum absolute atomic E-state index is 0.117. The number of hydrogen-bond acceptors (Lipinski definition) is 2. The van der Waals surface area contributed by atoms with Crippen LogP contribution in [0, 0.1) is 23.2 Å². The summed E-state index contributed by atoms with van der Waals surface area (Å²) in [7, 11) is 0. The topological polar surface area (TPSA) is 18.5 Å². The minimum atomic E-state index is 0.117. The van der Waals surface area contributed by atoms with Gasteiger partial charge in [0.05, 0.1) is 6.61 Å². The fraction of sp³-hybridized carbons (Fsp3) is 1.00. The molecule has 2 nitrogen and oxygen atoms in total. The standard InChI is InChI=1S/C16H26O2/c1-2-4-17-15(3-1)18-11-16-8-12-5-13(9-16)7-14(6-12)10-16/h12-15H,1-11H2. The lowest BCUT2D eigenvalue weighted by atomic mass is 9.50. The summed E-state index contributed by atoms with van der Waals surface area (Å²) < 4.78 is 11.9. The van der Waals surface area contributed by atoms with Gasteiger partial charge in [0, 0.05) is 6.61 Å². The first-order valence-electron chi connectivity index (χ1n) is 8.05. The van der Waals surface area contributed by atoms with Crippen LogP contribution in [0.1, 0.15) is 57.8 Å². The predicted molar refractivity (Wildman–Crippen MR) is 70.1 cm³/mol. The predicted octanol–water partition coefficient (Wildman–Crippen LogP) is 3.75. The Bertz CT molecular complexity index is 271. The Morgan fingerprint density at radius 3 is 2.17 bits per heavy atom. The molecule has 0 spiro atoms. The molecule has 2 heteroatoms. The van der Waals surface area contributed by atoms with E-state index in [2.05, 4.69) is 0 Å². The quantitative estimate of drug-likeness (QED) is 0.759. The largest absolute Gasteiger partial charge is 0.353 e. The second-order valence-electron chi connectivity index (χ2n) is 7.52. The van der Waals surface area contributed by atoms with Crippen molar-refractivity contribution in [2.75, 3.05) is 13.2 Å². The Labute approximate surface area is 110 Å². The van der Waals surface area contributed by atoms with E-state index < -0.39 is 0 Å². The van der Waals surface area contributed by atoms with Crippen molar-refractivity contribution in [1.82, 2.24) is 0 Å². The monoisotopic (exact) mass is 250 g/mol. The number of ether oxygens (including phenoxy) is 2. The van der Waals surface area contributed by atoms with Crippen LogP contribution in [0.2, 0.25) is 0 Å². The Morgan fingerprint density at radius 2 is 1.61 bits per heavy atom. The third-order valence-corrected chi connectivity index (χ3v) is 5.88. The summed E-state index contributed by atoms with van der Waals surface area (Å²) in [5.41, 5.74) is 0.551. The molecule has 0 N–H and O–H groups in total. The normalized spacial score (nSPS) is 50.7. The van der Waals surface area contributed by atoms with E-state index in [0.717, 1.165) is 37.4 Å². The molecule has 4 aliphatic carbocycles. The smallest absolute Gasteiger partial charge is 0.157 e. The van der Waals surface area contributed by atoms with Crippen molar-refractivity contribution in [1.29, 1.82) is 0 Å². The van der Waals surface area contributed by atoms with Crippen LogP contribution in [-0.2, 0) is 9.47 Å². The third kappa shape index (κ3) is 2.12. The number of rotatable bonds is 3. The van der Waals surface area contributed by atoms with E-state index in [1.807, 2.05) is 0 Å². The van der Waals surface area contributed by atoms with Gasteiger partial charge in [-0.1, -0.05) is 0 Å². The van der Waals surface area contributed by atoms with Gasteiger partial charge in [-0.25, -0.2) is 0 Å². The maximum absolute atomic E-state index is 6.15. The van der Waals surface area contributed by atoms with Gasteiger partial charge in [0.1, 0.15) is 0 Å². The summed E-state index contributed by atoms with van der Waals surface area (Å²) in [5, 5.41) is 0. The SMILES string of the molecule is C1CCC(OCC23CC4CC(CC(C4)C2)C3)OC1. The van der Waals surface area contributed by atoms with Crippen molar-refractivity contribution in [2.24, 2.45) is 23.2 Å². The molecule has 0 aromatic rings. The highest BCUT2D eigenvalue weighted by molar-refractivity contribution is 5.01. The molecule has 0 aromatic heterocycles. The Balaban J connectivity index is 1.38. The van der Waals surface area contributed by atoms with Crippen LogP contribution < -0.4 is 0 Å². The van der Waals surface area contributed by atoms with Gasteiger partial charge >= 0.3 is 0 Å². The van der Waals surface area contributed by atoms with Gasteiger partial charge in [0.2, 0.25) is 0 Å². The lowest BCUT2D eigenvalue weighted by Crippen LogP contribution is -2.48. The molecule has 18 heavy (non-hydrogen) atoms. The summed E-state index contributed by atoms with van der Waals surface area (Å²) in [5.74, 6) is 3.10. The van der Waals surface area contributed by atoms with Crippen molar-refractivity contribution >= 4 is 0 Å². The van der Waals surface area contributed by atoms with Gasteiger partial charge in [-0.05, 0) is 81.0 Å². The molecule has 4 bridgehead atoms. The maximum Gasteiger partial charge on any atom is 0.157 e. The highest BCUT2D eigenvalue weighted by Crippen LogP contribution is 2.60. The van der Waals surface area contributed by atoms with Gasteiger partial charge in [-0.2, -0.15) is 0 Å². The van der Waals surface area contributed by atoms with Crippen LogP contribution in [-0.4, -0.2) is 19.5 Å². The lowest BCUT2D eigenvalue weighted by Gasteiger charge is -2.56. The lowest BCUT2D eigenvalue weighted by molar-refractivity contribution is -0.198. The van der Waals surface area contributed by atoms with Crippen molar-refractivity contribution in [2.45, 2.75) is 64.1 Å². The van der Waals surface area contributed by atoms with Crippen LogP contribution in [0.25, 0.3) is 0 Å². The van der Waals surface area contributed by atoms with Gasteiger partial charge in [0.15, 0.2) is 6.29 Å². The highest BCUT2D eigenvalue weighted by atomic mass is 16.7. The first-order valence-corrected chi connectivity index (χ1v) is 8.05. The summed E-state index contributed by atoms with van der Waals surface area (Å²) in [4.78, 5) is 0. The van der Waals surface area contributed by atoms with E-state index in [-0.39, 0.29) is 6.29 Å². The maximum atomic E-state index is 6.15. The van der Waals surface area contributed by atoms with Crippen LogP contribution in [0.3, 0.4) is 0 Å². The van der Waals surface area contributed by atoms with Crippen molar-refractivity contribution in [3.63, 3.8) is 0 Å². The fourth-order valence-corrected chi connectivity index (χ4v) is 5.58. The second kappa shape index (κ2) is 4.49. The van der Waals surface area contributed by atoms with Gasteiger partial charge in [0.25, 0.3) is 0 Å². The molecule has 0 aromatic carbocycles. The molecule has 1 unspecified atom stereocenters. The van der Waals surface area contributed by atoms with Crippen LogP contribution in [0.4, 0.5) is 0 Å². The average Bonchev–Trinajstić information content (AvgIpc) is 2.36. The zero-order chi connectivity index (χ0) is 12.0. The van der Waals surface area contributed by atoms with E-state index in [1.54, 1.807) is 0 Å². The molecular formula is C16H26O2. The summed E-state index contributed by atoms with van der Waals surface area (Å²) in [6.07, 6.45) is 12.7. The molecule has 1 saturated heterocycles. The van der Waals surface area contributed by atoms with Crippen LogP contribution >= 0.6 is 0 Å². The zero-order valence-electron chi connectivity index (χ0n) is 11.4. The Kier molecular flexibility index (Phi) is 2.92. The molecule has 0 amide bonds. The van der Waals surface area contributed by atoms with Crippen molar-refractivity contribution < 1.29 is 9.47 Å². The molecule has 1 heterocycles. The van der Waals surface area contributed by atoms with E-state index in [1.165, 1.54) is 51.4 Å². The Hall–Kier alpha value is -0.0800. The van der Waals surface area contributed by atoms with Gasteiger partial charge < -0.3 is 9.47 Å². The first kappa shape index (κ1) is 11.7. The van der Waals surface area contributed by atoms with Crippen molar-refractivity contribution in [3.8, 4) is 0 Å². The second-order valence-corrected chi connectivity index (χ2v) is 7.52.